The van der Waals surface area contributed by atoms with Gasteiger partial charge in [0.25, 0.3) is 0 Å². The molecule has 3 aromatic rings. The van der Waals surface area contributed by atoms with Crippen LogP contribution >= 0.6 is 0 Å². The fourth-order valence-corrected chi connectivity index (χ4v) is 4.32. The van der Waals surface area contributed by atoms with Gasteiger partial charge in [-0.1, -0.05) is 6.07 Å². The third-order valence-electron chi connectivity index (χ3n) is 6.14. The van der Waals surface area contributed by atoms with E-state index in [0.717, 1.165) is 52.6 Å². The van der Waals surface area contributed by atoms with Gasteiger partial charge in [-0.15, -0.1) is 0 Å². The number of methoxy groups -OCH3 is 1. The number of aromatic nitrogens is 2. The van der Waals surface area contributed by atoms with E-state index in [9.17, 15) is 5.11 Å². The first kappa shape index (κ1) is 20.5. The molecular formula is C24H27N5O3. The lowest BCUT2D eigenvalue weighted by Gasteiger charge is -2.26. The number of nitrogens with zero attached hydrogens (tertiary/aromatic N) is 4. The van der Waals surface area contributed by atoms with Crippen LogP contribution in [0.5, 0.6) is 11.5 Å². The third kappa shape index (κ3) is 3.82. The maximum Gasteiger partial charge on any atom is 0.140 e. The average Bonchev–Trinajstić information content (AvgIpc) is 3.37. The van der Waals surface area contributed by atoms with Gasteiger partial charge < -0.3 is 24.9 Å². The predicted molar refractivity (Wildman–Crippen MR) is 124 cm³/mol. The molecule has 0 bridgehead atoms. The fraction of sp³-hybridized carbons (Fsp3) is 0.375. The Morgan fingerprint density at radius 2 is 2.12 bits per heavy atom. The summed E-state index contributed by atoms with van der Waals surface area (Å²) in [7, 11) is 3.62. The Bertz CT molecular complexity index is 1170. The number of anilines is 1. The molecule has 2 N–H and O–H groups in total. The minimum absolute atomic E-state index is 0.0334. The van der Waals surface area contributed by atoms with E-state index in [-0.39, 0.29) is 18.4 Å². The highest BCUT2D eigenvalue weighted by Crippen LogP contribution is 2.35. The van der Waals surface area contributed by atoms with E-state index in [2.05, 4.69) is 28.7 Å². The van der Waals surface area contributed by atoms with Crippen LogP contribution in [-0.4, -0.2) is 61.7 Å². The van der Waals surface area contributed by atoms with Gasteiger partial charge in [-0.05, 0) is 47.9 Å². The molecule has 2 atom stereocenters. The Kier molecular flexibility index (Phi) is 5.53. The first-order valence-corrected chi connectivity index (χ1v) is 10.9. The SMILES string of the molecule is COc1ccc2c(c1)CC(c1nc(N(C)CCO)c3cc(C4C=NNC4)ccc3n1)CO2. The van der Waals surface area contributed by atoms with E-state index in [1.807, 2.05) is 36.4 Å². The number of nitrogens with one attached hydrogen (secondary N) is 1. The molecular weight excluding hydrogens is 406 g/mol. The summed E-state index contributed by atoms with van der Waals surface area (Å²) in [5.74, 6) is 3.53. The number of hydrazone groups is 1. The standard InChI is InChI=1S/C24H27N5O3/c1-29(7-8-30)24-20-11-15(18-12-25-26-13-18)3-5-21(20)27-23(28-24)17-9-16-10-19(31-2)4-6-22(16)32-14-17/h3-6,10-12,17-18,26,30H,7-9,13-14H2,1-2H3. The van der Waals surface area contributed by atoms with Gasteiger partial charge in [0.05, 0.1) is 31.8 Å². The first-order valence-electron chi connectivity index (χ1n) is 10.9. The van der Waals surface area contributed by atoms with Crippen LogP contribution in [0.25, 0.3) is 10.9 Å². The summed E-state index contributed by atoms with van der Waals surface area (Å²) in [4.78, 5) is 11.9. The maximum atomic E-state index is 9.53. The average molecular weight is 434 g/mol. The number of aliphatic hydroxyl groups excluding tert-OH is 1. The second-order valence-electron chi connectivity index (χ2n) is 8.26. The van der Waals surface area contributed by atoms with Crippen LogP contribution in [0.15, 0.2) is 41.5 Å². The zero-order valence-electron chi connectivity index (χ0n) is 18.3. The molecule has 0 saturated heterocycles. The van der Waals surface area contributed by atoms with Crippen LogP contribution in [0.1, 0.15) is 28.8 Å². The number of hydrogen-bond acceptors (Lipinski definition) is 8. The largest absolute Gasteiger partial charge is 0.497 e. The summed E-state index contributed by atoms with van der Waals surface area (Å²) >= 11 is 0. The molecule has 32 heavy (non-hydrogen) atoms. The summed E-state index contributed by atoms with van der Waals surface area (Å²) in [6, 6.07) is 12.2. The van der Waals surface area contributed by atoms with E-state index >= 15 is 0 Å². The van der Waals surface area contributed by atoms with E-state index < -0.39 is 0 Å². The van der Waals surface area contributed by atoms with Crippen molar-refractivity contribution < 1.29 is 14.6 Å². The van der Waals surface area contributed by atoms with Gasteiger partial charge in [0, 0.05) is 37.7 Å². The first-order chi connectivity index (χ1) is 15.7. The highest BCUT2D eigenvalue weighted by atomic mass is 16.5. The van der Waals surface area contributed by atoms with Crippen molar-refractivity contribution in [3.63, 3.8) is 0 Å². The molecule has 0 aliphatic carbocycles. The number of fused-ring (bicyclic) bond motifs is 2. The lowest BCUT2D eigenvalue weighted by atomic mass is 9.95. The normalized spacial score (nSPS) is 19.3. The van der Waals surface area contributed by atoms with Crippen LogP contribution in [0.3, 0.4) is 0 Å². The monoisotopic (exact) mass is 433 g/mol. The summed E-state index contributed by atoms with van der Waals surface area (Å²) in [5.41, 5.74) is 6.17. The number of rotatable bonds is 6. The van der Waals surface area contributed by atoms with Crippen molar-refractivity contribution in [2.45, 2.75) is 18.3 Å². The molecule has 2 aromatic carbocycles. The van der Waals surface area contributed by atoms with Crippen molar-refractivity contribution >= 4 is 22.9 Å². The Labute approximate surface area is 186 Å². The van der Waals surface area contributed by atoms with Crippen molar-refractivity contribution in [2.24, 2.45) is 5.10 Å². The Balaban J connectivity index is 1.54. The number of benzene rings is 2. The van der Waals surface area contributed by atoms with Crippen molar-refractivity contribution in [3.05, 3.63) is 53.3 Å². The minimum Gasteiger partial charge on any atom is -0.497 e. The van der Waals surface area contributed by atoms with Crippen LogP contribution in [-0.2, 0) is 6.42 Å². The van der Waals surface area contributed by atoms with Crippen LogP contribution in [0, 0.1) is 0 Å². The van der Waals surface area contributed by atoms with E-state index in [4.69, 9.17) is 19.4 Å². The lowest BCUT2D eigenvalue weighted by Crippen LogP contribution is -2.26. The highest BCUT2D eigenvalue weighted by molar-refractivity contribution is 5.91. The quantitative estimate of drug-likeness (QED) is 0.617. The number of hydrogen-bond donors (Lipinski definition) is 2. The Morgan fingerprint density at radius 3 is 2.91 bits per heavy atom. The maximum absolute atomic E-state index is 9.53. The molecule has 0 spiro atoms. The number of aliphatic hydroxyl groups is 1. The van der Waals surface area contributed by atoms with Gasteiger partial charge in [-0.2, -0.15) is 5.10 Å². The Morgan fingerprint density at radius 1 is 1.22 bits per heavy atom. The molecule has 166 valence electrons. The van der Waals surface area contributed by atoms with Gasteiger partial charge in [-0.3, -0.25) is 0 Å². The van der Waals surface area contributed by atoms with E-state index in [1.165, 1.54) is 5.56 Å². The summed E-state index contributed by atoms with van der Waals surface area (Å²) < 4.78 is 11.4. The van der Waals surface area contributed by atoms with E-state index in [0.29, 0.717) is 13.2 Å². The minimum atomic E-state index is 0.0334. The molecule has 5 rings (SSSR count). The summed E-state index contributed by atoms with van der Waals surface area (Å²) in [6.45, 7) is 1.85. The van der Waals surface area contributed by atoms with Gasteiger partial charge in [0.15, 0.2) is 0 Å². The van der Waals surface area contributed by atoms with E-state index in [1.54, 1.807) is 7.11 Å². The molecule has 3 heterocycles. The predicted octanol–water partition coefficient (Wildman–Crippen LogP) is 2.46. The zero-order valence-corrected chi connectivity index (χ0v) is 18.3. The van der Waals surface area contributed by atoms with Crippen LogP contribution in [0.2, 0.25) is 0 Å². The molecule has 8 nitrogen and oxygen atoms in total. The van der Waals surface area contributed by atoms with Crippen LogP contribution in [0.4, 0.5) is 5.82 Å². The molecule has 0 radical (unpaired) electrons. The Hall–Kier alpha value is -3.39. The fourth-order valence-electron chi connectivity index (χ4n) is 4.32. The van der Waals surface area contributed by atoms with Gasteiger partial charge >= 0.3 is 0 Å². The molecule has 0 fully saturated rings. The molecule has 2 aliphatic heterocycles. The number of likely N-dealkylation sites (N-methyl/N-ethyl adjacent to an activating group) is 1. The van der Waals surface area contributed by atoms with Gasteiger partial charge in [-0.25, -0.2) is 9.97 Å². The molecule has 0 amide bonds. The second-order valence-corrected chi connectivity index (χ2v) is 8.26. The molecule has 8 heteroatoms. The van der Waals surface area contributed by atoms with Crippen molar-refractivity contribution in [2.75, 3.05) is 45.4 Å². The van der Waals surface area contributed by atoms with Crippen molar-refractivity contribution in [1.29, 1.82) is 0 Å². The summed E-state index contributed by atoms with van der Waals surface area (Å²) in [5, 5.41) is 14.6. The second kappa shape index (κ2) is 8.63. The highest BCUT2D eigenvalue weighted by Gasteiger charge is 2.26. The van der Waals surface area contributed by atoms with Gasteiger partial charge in [0.2, 0.25) is 0 Å². The van der Waals surface area contributed by atoms with Crippen LogP contribution < -0.4 is 19.8 Å². The third-order valence-corrected chi connectivity index (χ3v) is 6.14. The summed E-state index contributed by atoms with van der Waals surface area (Å²) in [6.07, 6.45) is 2.71. The molecule has 1 aromatic heterocycles. The van der Waals surface area contributed by atoms with Crippen molar-refractivity contribution in [1.82, 2.24) is 15.4 Å². The van der Waals surface area contributed by atoms with Crippen molar-refractivity contribution in [3.8, 4) is 11.5 Å². The number of ether oxygens (including phenoxy) is 2. The molecule has 0 saturated carbocycles. The zero-order chi connectivity index (χ0) is 22.1. The molecule has 2 aliphatic rings. The smallest absolute Gasteiger partial charge is 0.140 e. The topological polar surface area (TPSA) is 92.1 Å². The molecule has 2 unspecified atom stereocenters. The van der Waals surface area contributed by atoms with Gasteiger partial charge in [0.1, 0.15) is 23.1 Å². The lowest BCUT2D eigenvalue weighted by molar-refractivity contribution is 0.257.